The smallest absolute Gasteiger partial charge is 0.102 e. The number of hydrogen-bond donors (Lipinski definition) is 0. The lowest BCUT2D eigenvalue weighted by atomic mass is 10.4. The molecule has 0 aliphatic carbocycles. The first-order valence-corrected chi connectivity index (χ1v) is 3.92. The molecule has 3 nitrogen and oxygen atoms in total. The first kappa shape index (κ1) is 10.9. The Morgan fingerprint density at radius 1 is 0.909 bits per heavy atom. The zero-order chi connectivity index (χ0) is 8.74. The number of nitrogens with zero attached hydrogens (tertiary/aromatic N) is 1. The van der Waals surface area contributed by atoms with E-state index < -0.39 is 0 Å². The molecule has 0 fully saturated rings. The molecule has 0 rings (SSSR count). The number of likely N-dealkylation sites (N-methyl/N-ethyl adjacent to an activating group) is 1. The predicted octanol–water partition coefficient (Wildman–Crippen LogP) is 0.356. The molecule has 0 aliphatic heterocycles. The number of quaternary nitrogens is 1. The molecule has 0 aromatic rings. The van der Waals surface area contributed by atoms with Crippen molar-refractivity contribution in [3.8, 4) is 0 Å². The fraction of sp³-hybridized carbons (Fsp3) is 1.00. The van der Waals surface area contributed by atoms with Gasteiger partial charge in [-0.25, -0.2) is 0 Å². The van der Waals surface area contributed by atoms with Crippen LogP contribution in [0.25, 0.3) is 0 Å². The van der Waals surface area contributed by atoms with Crippen LogP contribution in [0.5, 0.6) is 0 Å². The summed E-state index contributed by atoms with van der Waals surface area (Å²) in [7, 11) is 7.82. The maximum absolute atomic E-state index is 5.00. The first-order valence-electron chi connectivity index (χ1n) is 3.92. The maximum Gasteiger partial charge on any atom is 0.102 e. The van der Waals surface area contributed by atoms with E-state index >= 15 is 0 Å². The molecule has 0 spiro atoms. The van der Waals surface area contributed by atoms with E-state index in [4.69, 9.17) is 9.47 Å². The van der Waals surface area contributed by atoms with E-state index in [-0.39, 0.29) is 0 Å². The Labute approximate surface area is 69.5 Å². The zero-order valence-electron chi connectivity index (χ0n) is 8.09. The normalized spacial score (nSPS) is 12.0. The average Bonchev–Trinajstić information content (AvgIpc) is 1.97. The molecule has 0 bridgehead atoms. The number of hydrogen-bond acceptors (Lipinski definition) is 2. The summed E-state index contributed by atoms with van der Waals surface area (Å²) >= 11 is 0. The van der Waals surface area contributed by atoms with Crippen molar-refractivity contribution in [2.75, 3.05) is 54.6 Å². The van der Waals surface area contributed by atoms with Crippen LogP contribution >= 0.6 is 0 Å². The molecule has 0 radical (unpaired) electrons. The molecule has 0 heterocycles. The van der Waals surface area contributed by atoms with Gasteiger partial charge in [-0.3, -0.25) is 0 Å². The fourth-order valence-corrected chi connectivity index (χ4v) is 0.789. The van der Waals surface area contributed by atoms with Crippen molar-refractivity contribution in [1.82, 2.24) is 0 Å². The largest absolute Gasteiger partial charge is 0.379 e. The van der Waals surface area contributed by atoms with E-state index in [1.54, 1.807) is 14.2 Å². The van der Waals surface area contributed by atoms with Gasteiger partial charge in [-0.15, -0.1) is 0 Å². The van der Waals surface area contributed by atoms with E-state index in [1.807, 2.05) is 0 Å². The molecule has 68 valence electrons. The summed E-state index contributed by atoms with van der Waals surface area (Å²) in [5, 5.41) is 0. The molecular formula is C8H20NO2+. The van der Waals surface area contributed by atoms with E-state index in [9.17, 15) is 0 Å². The van der Waals surface area contributed by atoms with Gasteiger partial charge in [0.25, 0.3) is 0 Å². The number of rotatable bonds is 6. The van der Waals surface area contributed by atoms with Gasteiger partial charge in [-0.2, -0.15) is 0 Å². The Morgan fingerprint density at radius 2 is 1.27 bits per heavy atom. The second-order valence-corrected chi connectivity index (χ2v) is 3.37. The van der Waals surface area contributed by atoms with Crippen molar-refractivity contribution in [1.29, 1.82) is 0 Å². The van der Waals surface area contributed by atoms with E-state index in [1.165, 1.54) is 0 Å². The predicted molar refractivity (Wildman–Crippen MR) is 45.6 cm³/mol. The standard InChI is InChI=1S/C8H20NO2/c1-9(2,5-7-10-3)6-8-11-4/h5-8H2,1-4H3/q+1. The van der Waals surface area contributed by atoms with E-state index in [0.717, 1.165) is 30.8 Å². The summed E-state index contributed by atoms with van der Waals surface area (Å²) < 4.78 is 11.0. The molecule has 3 heteroatoms. The lowest BCUT2D eigenvalue weighted by Gasteiger charge is -2.28. The molecule has 0 saturated carbocycles. The van der Waals surface area contributed by atoms with Gasteiger partial charge >= 0.3 is 0 Å². The molecule has 11 heavy (non-hydrogen) atoms. The molecule has 0 aromatic heterocycles. The van der Waals surface area contributed by atoms with Gasteiger partial charge in [0.1, 0.15) is 13.1 Å². The Morgan fingerprint density at radius 3 is 1.55 bits per heavy atom. The van der Waals surface area contributed by atoms with Crippen molar-refractivity contribution >= 4 is 0 Å². The molecule has 0 N–H and O–H groups in total. The maximum atomic E-state index is 5.00. The average molecular weight is 162 g/mol. The Hall–Kier alpha value is -0.120. The summed E-state index contributed by atoms with van der Waals surface area (Å²) in [5.41, 5.74) is 0. The van der Waals surface area contributed by atoms with Crippen LogP contribution in [0, 0.1) is 0 Å². The number of methoxy groups -OCH3 is 2. The van der Waals surface area contributed by atoms with Crippen LogP contribution < -0.4 is 0 Å². The highest BCUT2D eigenvalue weighted by Gasteiger charge is 2.12. The van der Waals surface area contributed by atoms with Crippen LogP contribution in [0.2, 0.25) is 0 Å². The second kappa shape index (κ2) is 5.52. The zero-order valence-corrected chi connectivity index (χ0v) is 8.09. The van der Waals surface area contributed by atoms with Crippen molar-refractivity contribution in [2.24, 2.45) is 0 Å². The number of ether oxygens (including phenoxy) is 2. The Kier molecular flexibility index (Phi) is 5.46. The quantitative estimate of drug-likeness (QED) is 0.525. The van der Waals surface area contributed by atoms with Gasteiger partial charge in [0.05, 0.1) is 27.3 Å². The summed E-state index contributed by atoms with van der Waals surface area (Å²) in [6.45, 7) is 3.72. The van der Waals surface area contributed by atoms with Crippen molar-refractivity contribution in [3.63, 3.8) is 0 Å². The Bertz CT molecular complexity index is 84.1. The lowest BCUT2D eigenvalue weighted by molar-refractivity contribution is -0.891. The van der Waals surface area contributed by atoms with Crippen molar-refractivity contribution in [3.05, 3.63) is 0 Å². The summed E-state index contributed by atoms with van der Waals surface area (Å²) in [4.78, 5) is 0. The minimum absolute atomic E-state index is 0.816. The highest BCUT2D eigenvalue weighted by molar-refractivity contribution is 4.32. The monoisotopic (exact) mass is 162 g/mol. The lowest BCUT2D eigenvalue weighted by Crippen LogP contribution is -2.44. The third kappa shape index (κ3) is 6.28. The first-order chi connectivity index (χ1) is 5.12. The van der Waals surface area contributed by atoms with Crippen LogP contribution in [0.4, 0.5) is 0 Å². The highest BCUT2D eigenvalue weighted by Crippen LogP contribution is 1.95. The van der Waals surface area contributed by atoms with Gasteiger partial charge in [0.2, 0.25) is 0 Å². The molecule has 0 aromatic carbocycles. The molecule has 0 atom stereocenters. The Balaban J connectivity index is 3.43. The van der Waals surface area contributed by atoms with Gasteiger partial charge in [-0.05, 0) is 0 Å². The fourth-order valence-electron chi connectivity index (χ4n) is 0.789. The van der Waals surface area contributed by atoms with Crippen LogP contribution in [0.3, 0.4) is 0 Å². The van der Waals surface area contributed by atoms with Crippen molar-refractivity contribution in [2.45, 2.75) is 0 Å². The molecule has 0 saturated heterocycles. The van der Waals surface area contributed by atoms with Crippen molar-refractivity contribution < 1.29 is 14.0 Å². The third-order valence-corrected chi connectivity index (χ3v) is 1.80. The van der Waals surface area contributed by atoms with Crippen LogP contribution in [0.15, 0.2) is 0 Å². The summed E-state index contributed by atoms with van der Waals surface area (Å²) in [6.07, 6.45) is 0. The molecule has 0 aliphatic rings. The second-order valence-electron chi connectivity index (χ2n) is 3.37. The minimum Gasteiger partial charge on any atom is -0.379 e. The highest BCUT2D eigenvalue weighted by atomic mass is 16.5. The van der Waals surface area contributed by atoms with Gasteiger partial charge in [0.15, 0.2) is 0 Å². The van der Waals surface area contributed by atoms with Crippen LogP contribution in [-0.4, -0.2) is 59.1 Å². The third-order valence-electron chi connectivity index (χ3n) is 1.80. The SMILES string of the molecule is COCC[N+](C)(C)CCOC. The minimum atomic E-state index is 0.816. The summed E-state index contributed by atoms with van der Waals surface area (Å²) in [6, 6.07) is 0. The van der Waals surface area contributed by atoms with E-state index in [0.29, 0.717) is 0 Å². The summed E-state index contributed by atoms with van der Waals surface area (Å²) in [5.74, 6) is 0. The van der Waals surface area contributed by atoms with Gasteiger partial charge in [0, 0.05) is 14.2 Å². The van der Waals surface area contributed by atoms with E-state index in [2.05, 4.69) is 14.1 Å². The van der Waals surface area contributed by atoms with Crippen LogP contribution in [0.1, 0.15) is 0 Å². The molecular weight excluding hydrogens is 142 g/mol. The van der Waals surface area contributed by atoms with Crippen LogP contribution in [-0.2, 0) is 9.47 Å². The van der Waals surface area contributed by atoms with Gasteiger partial charge in [-0.1, -0.05) is 0 Å². The van der Waals surface area contributed by atoms with Gasteiger partial charge < -0.3 is 14.0 Å². The molecule has 0 unspecified atom stereocenters. The topological polar surface area (TPSA) is 18.5 Å². The molecule has 0 amide bonds.